The molecule has 3 aromatic rings. The van der Waals surface area contributed by atoms with Gasteiger partial charge in [-0.25, -0.2) is 9.18 Å². The molecule has 170 valence electrons. The Morgan fingerprint density at radius 3 is 2.62 bits per heavy atom. The average molecular weight is 442 g/mol. The standard InChI is InChI=1S/C24H28FN3O4/c1-13-9-21(31-12-22-27-24(30)32-28-22)15(3)14(2)17(13)10-19-18(25)11-20(29)23(26-19)16-7-5-4-6-8-16/h9,11,16,29H,4-8,10,12H2,1-3H3,(H,27,28,30). The van der Waals surface area contributed by atoms with E-state index in [-0.39, 0.29) is 18.3 Å². The van der Waals surface area contributed by atoms with E-state index in [9.17, 15) is 14.3 Å². The fourth-order valence-corrected chi connectivity index (χ4v) is 4.49. The van der Waals surface area contributed by atoms with Crippen molar-refractivity contribution in [3.8, 4) is 11.5 Å². The molecule has 0 unspecified atom stereocenters. The highest BCUT2D eigenvalue weighted by Gasteiger charge is 2.23. The van der Waals surface area contributed by atoms with Crippen molar-refractivity contribution in [3.63, 3.8) is 0 Å². The van der Waals surface area contributed by atoms with Gasteiger partial charge in [0, 0.05) is 18.4 Å². The molecule has 2 N–H and O–H groups in total. The predicted octanol–water partition coefficient (Wildman–Crippen LogP) is 4.75. The molecular formula is C24H28FN3O4. The van der Waals surface area contributed by atoms with Crippen LogP contribution in [0.1, 0.15) is 77.5 Å². The maximum atomic E-state index is 14.7. The van der Waals surface area contributed by atoms with Gasteiger partial charge in [0.05, 0.1) is 11.4 Å². The number of H-pyrrole nitrogens is 1. The molecule has 7 nitrogen and oxygen atoms in total. The lowest BCUT2D eigenvalue weighted by Crippen LogP contribution is -2.11. The van der Waals surface area contributed by atoms with Crippen molar-refractivity contribution in [2.24, 2.45) is 0 Å². The number of hydrogen-bond acceptors (Lipinski definition) is 6. The number of benzene rings is 1. The fourth-order valence-electron chi connectivity index (χ4n) is 4.49. The van der Waals surface area contributed by atoms with E-state index in [0.29, 0.717) is 29.4 Å². The second-order valence-corrected chi connectivity index (χ2v) is 8.58. The van der Waals surface area contributed by atoms with Gasteiger partial charge in [-0.15, -0.1) is 0 Å². The second kappa shape index (κ2) is 9.14. The summed E-state index contributed by atoms with van der Waals surface area (Å²) >= 11 is 0. The third kappa shape index (κ3) is 4.54. The predicted molar refractivity (Wildman–Crippen MR) is 117 cm³/mol. The Morgan fingerprint density at radius 2 is 1.94 bits per heavy atom. The lowest BCUT2D eigenvalue weighted by atomic mass is 9.86. The van der Waals surface area contributed by atoms with Crippen LogP contribution in [0.2, 0.25) is 0 Å². The van der Waals surface area contributed by atoms with Gasteiger partial charge >= 0.3 is 5.76 Å². The topological polar surface area (TPSA) is 101 Å². The molecular weight excluding hydrogens is 413 g/mol. The highest BCUT2D eigenvalue weighted by atomic mass is 19.1. The van der Waals surface area contributed by atoms with Gasteiger partial charge < -0.3 is 9.84 Å². The van der Waals surface area contributed by atoms with E-state index < -0.39 is 11.6 Å². The Morgan fingerprint density at radius 1 is 1.19 bits per heavy atom. The molecule has 2 aromatic heterocycles. The summed E-state index contributed by atoms with van der Waals surface area (Å²) in [6, 6.07) is 3.11. The zero-order valence-electron chi connectivity index (χ0n) is 18.6. The minimum absolute atomic E-state index is 0.0441. The molecule has 32 heavy (non-hydrogen) atoms. The molecule has 1 aromatic carbocycles. The highest BCUT2D eigenvalue weighted by Crippen LogP contribution is 2.37. The summed E-state index contributed by atoms with van der Waals surface area (Å²) < 4.78 is 25.1. The normalized spacial score (nSPS) is 14.6. The number of aromatic amines is 1. The van der Waals surface area contributed by atoms with Crippen LogP contribution in [0, 0.1) is 26.6 Å². The summed E-state index contributed by atoms with van der Waals surface area (Å²) in [5, 5.41) is 13.9. The third-order valence-electron chi connectivity index (χ3n) is 6.45. The van der Waals surface area contributed by atoms with Crippen LogP contribution in [0.4, 0.5) is 4.39 Å². The summed E-state index contributed by atoms with van der Waals surface area (Å²) in [6.07, 6.45) is 5.71. The van der Waals surface area contributed by atoms with E-state index in [1.807, 2.05) is 26.8 Å². The number of aryl methyl sites for hydroxylation is 1. The lowest BCUT2D eigenvalue weighted by molar-refractivity contribution is 0.283. The van der Waals surface area contributed by atoms with E-state index in [1.54, 1.807) is 0 Å². The van der Waals surface area contributed by atoms with Gasteiger partial charge in [-0.2, -0.15) is 0 Å². The monoisotopic (exact) mass is 441 g/mol. The Kier molecular flexibility index (Phi) is 6.30. The molecule has 2 heterocycles. The first-order valence-corrected chi connectivity index (χ1v) is 11.0. The molecule has 1 aliphatic carbocycles. The van der Waals surface area contributed by atoms with Crippen molar-refractivity contribution in [2.45, 2.75) is 71.8 Å². The maximum absolute atomic E-state index is 14.7. The number of nitrogens with one attached hydrogen (secondary N) is 1. The molecule has 0 aliphatic heterocycles. The number of hydrogen-bond donors (Lipinski definition) is 2. The molecule has 0 saturated heterocycles. The van der Waals surface area contributed by atoms with Crippen molar-refractivity contribution >= 4 is 0 Å². The second-order valence-electron chi connectivity index (χ2n) is 8.58. The van der Waals surface area contributed by atoms with Gasteiger partial charge in [0.15, 0.2) is 5.82 Å². The number of nitrogens with zero attached hydrogens (tertiary/aromatic N) is 2. The van der Waals surface area contributed by atoms with E-state index in [2.05, 4.69) is 19.6 Å². The molecule has 4 rings (SSSR count). The molecule has 0 radical (unpaired) electrons. The summed E-state index contributed by atoms with van der Waals surface area (Å²) in [6.45, 7) is 5.94. The highest BCUT2D eigenvalue weighted by molar-refractivity contribution is 5.49. The average Bonchev–Trinajstić information content (AvgIpc) is 3.19. The van der Waals surface area contributed by atoms with E-state index in [0.717, 1.165) is 47.9 Å². The fraction of sp³-hybridized carbons (Fsp3) is 0.458. The Labute approximate surface area is 185 Å². The first-order valence-electron chi connectivity index (χ1n) is 11.0. The molecule has 1 aliphatic rings. The summed E-state index contributed by atoms with van der Waals surface area (Å²) in [4.78, 5) is 18.1. The SMILES string of the molecule is Cc1cc(OCc2noc(=O)[nH]2)c(C)c(C)c1Cc1nc(C2CCCCC2)c(O)cc1F. The largest absolute Gasteiger partial charge is 0.506 e. The molecule has 1 fully saturated rings. The van der Waals surface area contributed by atoms with Gasteiger partial charge in [0.25, 0.3) is 0 Å². The van der Waals surface area contributed by atoms with E-state index >= 15 is 0 Å². The number of aromatic nitrogens is 3. The number of aromatic hydroxyl groups is 1. The van der Waals surface area contributed by atoms with Crippen LogP contribution in [0.5, 0.6) is 11.5 Å². The first kappa shape index (κ1) is 22.0. The van der Waals surface area contributed by atoms with Crippen LogP contribution >= 0.6 is 0 Å². The zero-order chi connectivity index (χ0) is 22.8. The molecule has 0 spiro atoms. The minimum Gasteiger partial charge on any atom is -0.506 e. The Bertz CT molecular complexity index is 1180. The molecule has 0 bridgehead atoms. The number of halogens is 1. The quantitative estimate of drug-likeness (QED) is 0.573. The van der Waals surface area contributed by atoms with Crippen molar-refractivity contribution in [1.29, 1.82) is 0 Å². The van der Waals surface area contributed by atoms with Crippen LogP contribution < -0.4 is 10.5 Å². The van der Waals surface area contributed by atoms with Crippen LogP contribution in [-0.2, 0) is 13.0 Å². The van der Waals surface area contributed by atoms with Gasteiger partial charge in [0.2, 0.25) is 0 Å². The number of ether oxygens (including phenoxy) is 1. The summed E-state index contributed by atoms with van der Waals surface area (Å²) in [5.41, 5.74) is 4.81. The van der Waals surface area contributed by atoms with Crippen molar-refractivity contribution in [2.75, 3.05) is 0 Å². The smallest absolute Gasteiger partial charge is 0.439 e. The van der Waals surface area contributed by atoms with Crippen LogP contribution in [-0.4, -0.2) is 20.2 Å². The number of pyridine rings is 1. The van der Waals surface area contributed by atoms with E-state index in [4.69, 9.17) is 4.74 Å². The van der Waals surface area contributed by atoms with Crippen LogP contribution in [0.25, 0.3) is 0 Å². The van der Waals surface area contributed by atoms with Gasteiger partial charge in [-0.05, 0) is 61.9 Å². The lowest BCUT2D eigenvalue weighted by Gasteiger charge is -2.23. The van der Waals surface area contributed by atoms with Crippen molar-refractivity contribution in [1.82, 2.24) is 15.1 Å². The van der Waals surface area contributed by atoms with Crippen LogP contribution in [0.3, 0.4) is 0 Å². The molecule has 0 amide bonds. The Hall–Kier alpha value is -3.16. The Balaban J connectivity index is 1.60. The zero-order valence-corrected chi connectivity index (χ0v) is 18.6. The molecule has 0 atom stereocenters. The van der Waals surface area contributed by atoms with Crippen molar-refractivity contribution in [3.05, 3.63) is 68.0 Å². The van der Waals surface area contributed by atoms with E-state index in [1.165, 1.54) is 12.5 Å². The van der Waals surface area contributed by atoms with Gasteiger partial charge in [-0.3, -0.25) is 14.5 Å². The van der Waals surface area contributed by atoms with Gasteiger partial charge in [0.1, 0.15) is 23.9 Å². The third-order valence-corrected chi connectivity index (χ3v) is 6.45. The van der Waals surface area contributed by atoms with Crippen LogP contribution in [0.15, 0.2) is 21.5 Å². The number of rotatable bonds is 6. The summed E-state index contributed by atoms with van der Waals surface area (Å²) in [7, 11) is 0. The molecule has 1 saturated carbocycles. The molecule has 8 heteroatoms. The minimum atomic E-state index is -0.626. The summed E-state index contributed by atoms with van der Waals surface area (Å²) in [5.74, 6) is -0.00917. The van der Waals surface area contributed by atoms with Gasteiger partial charge in [-0.1, -0.05) is 24.4 Å². The first-order chi connectivity index (χ1) is 15.3. The van der Waals surface area contributed by atoms with Crippen molar-refractivity contribution < 1.29 is 18.8 Å². The maximum Gasteiger partial charge on any atom is 0.439 e.